The summed E-state index contributed by atoms with van der Waals surface area (Å²) in [4.78, 5) is 20.2. The second kappa shape index (κ2) is 7.49. The molecule has 6 heteroatoms. The van der Waals surface area contributed by atoms with Crippen molar-refractivity contribution in [2.45, 2.75) is 65.5 Å². The van der Waals surface area contributed by atoms with Gasteiger partial charge in [0.1, 0.15) is 0 Å². The van der Waals surface area contributed by atoms with Gasteiger partial charge in [0.05, 0.1) is 11.7 Å². The predicted octanol–water partition coefficient (Wildman–Crippen LogP) is 6.72. The number of hydrogen-bond donors (Lipinski definition) is 0. The summed E-state index contributed by atoms with van der Waals surface area (Å²) in [6.07, 6.45) is 4.69. The van der Waals surface area contributed by atoms with E-state index >= 15 is 0 Å². The van der Waals surface area contributed by atoms with E-state index in [1.54, 1.807) is 0 Å². The Bertz CT molecular complexity index is 915. The van der Waals surface area contributed by atoms with E-state index in [1.165, 1.54) is 12.8 Å². The van der Waals surface area contributed by atoms with Crippen LogP contribution < -0.4 is 4.90 Å². The number of benzene rings is 1. The van der Waals surface area contributed by atoms with Crippen molar-refractivity contribution in [3.63, 3.8) is 0 Å². The number of aromatic nitrogens is 2. The molecular weight excluding hydrogens is 438 g/mol. The van der Waals surface area contributed by atoms with Crippen LogP contribution in [0.25, 0.3) is 0 Å². The lowest BCUT2D eigenvalue weighted by Gasteiger charge is -2.37. The zero-order valence-electron chi connectivity index (χ0n) is 16.9. The van der Waals surface area contributed by atoms with Gasteiger partial charge in [0.15, 0.2) is 10.4 Å². The van der Waals surface area contributed by atoms with Crippen LogP contribution in [0.2, 0.25) is 5.02 Å². The van der Waals surface area contributed by atoms with Gasteiger partial charge in [0, 0.05) is 16.8 Å². The van der Waals surface area contributed by atoms with E-state index in [0.29, 0.717) is 16.6 Å². The zero-order valence-corrected chi connectivity index (χ0v) is 19.2. The van der Waals surface area contributed by atoms with Gasteiger partial charge in [-0.05, 0) is 79.1 Å². The van der Waals surface area contributed by atoms with Crippen LogP contribution in [0.4, 0.5) is 5.69 Å². The quantitative estimate of drug-likeness (QED) is 0.506. The normalized spacial score (nSPS) is 24.9. The zero-order chi connectivity index (χ0) is 20.2. The summed E-state index contributed by atoms with van der Waals surface area (Å²) < 4.78 is 2.94. The molecule has 1 aromatic carbocycles. The third-order valence-corrected chi connectivity index (χ3v) is 7.13. The molecular formula is C22H27BrClN3O. The maximum Gasteiger partial charge on any atom is 0.279 e. The van der Waals surface area contributed by atoms with Gasteiger partial charge in [-0.2, -0.15) is 0 Å². The summed E-state index contributed by atoms with van der Waals surface area (Å²) in [7, 11) is 0. The molecule has 2 aliphatic rings. The molecule has 1 amide bonds. The molecule has 0 saturated heterocycles. The van der Waals surface area contributed by atoms with Crippen LogP contribution in [0, 0.1) is 18.8 Å². The summed E-state index contributed by atoms with van der Waals surface area (Å²) in [5.74, 6) is 1.18. The summed E-state index contributed by atoms with van der Waals surface area (Å²) in [6, 6.07) is 6.04. The number of halogens is 2. The van der Waals surface area contributed by atoms with Crippen LogP contribution >= 0.6 is 27.5 Å². The molecule has 2 aromatic rings. The Morgan fingerprint density at radius 3 is 2.54 bits per heavy atom. The Hall–Kier alpha value is -1.33. The topological polar surface area (TPSA) is 38.1 Å². The number of hydrogen-bond acceptors (Lipinski definition) is 2. The van der Waals surface area contributed by atoms with E-state index in [0.717, 1.165) is 40.4 Å². The highest BCUT2D eigenvalue weighted by Gasteiger charge is 2.47. The molecule has 4 nitrogen and oxygen atoms in total. The second-order valence-corrected chi connectivity index (χ2v) is 9.79. The average Bonchev–Trinajstić information content (AvgIpc) is 3.11. The molecule has 2 heterocycles. The van der Waals surface area contributed by atoms with Gasteiger partial charge in [-0.25, -0.2) is 4.98 Å². The highest BCUT2D eigenvalue weighted by molar-refractivity contribution is 9.10. The van der Waals surface area contributed by atoms with Crippen molar-refractivity contribution in [3.8, 4) is 0 Å². The van der Waals surface area contributed by atoms with Crippen LogP contribution in [-0.2, 0) is 0 Å². The third-order valence-electron chi connectivity index (χ3n) is 6.34. The van der Waals surface area contributed by atoms with E-state index in [-0.39, 0.29) is 18.0 Å². The van der Waals surface area contributed by atoms with Crippen molar-refractivity contribution in [1.29, 1.82) is 0 Å². The number of imidazole rings is 1. The molecule has 1 saturated carbocycles. The fraction of sp³-hybridized carbons (Fsp3) is 0.545. The third kappa shape index (κ3) is 3.21. The van der Waals surface area contributed by atoms with Gasteiger partial charge >= 0.3 is 0 Å². The van der Waals surface area contributed by atoms with E-state index < -0.39 is 0 Å². The number of aryl methyl sites for hydroxylation is 1. The van der Waals surface area contributed by atoms with E-state index in [2.05, 4.69) is 46.3 Å². The highest BCUT2D eigenvalue weighted by Crippen LogP contribution is 2.49. The first kappa shape index (κ1) is 20.0. The van der Waals surface area contributed by atoms with E-state index in [9.17, 15) is 4.79 Å². The van der Waals surface area contributed by atoms with Crippen LogP contribution in [0.3, 0.4) is 0 Å². The largest absolute Gasteiger partial charge is 0.317 e. The van der Waals surface area contributed by atoms with Gasteiger partial charge in [0.25, 0.3) is 5.91 Å². The minimum Gasteiger partial charge on any atom is -0.317 e. The molecule has 150 valence electrons. The fourth-order valence-corrected chi connectivity index (χ4v) is 5.79. The van der Waals surface area contributed by atoms with Gasteiger partial charge in [-0.1, -0.05) is 37.4 Å². The molecule has 1 unspecified atom stereocenters. The van der Waals surface area contributed by atoms with Gasteiger partial charge in [0.2, 0.25) is 0 Å². The maximum atomic E-state index is 13.6. The SMILES string of the molecule is Cc1ccc(Cl)cc1N1C(=O)c2nc(Br)n(C(C)C)c2C1C1CCC(C)CC1. The monoisotopic (exact) mass is 463 g/mol. The minimum absolute atomic E-state index is 0.00775. The molecule has 4 rings (SSSR count). The molecule has 28 heavy (non-hydrogen) atoms. The van der Waals surface area contributed by atoms with Crippen LogP contribution in [-0.4, -0.2) is 15.5 Å². The average molecular weight is 465 g/mol. The lowest BCUT2D eigenvalue weighted by atomic mass is 9.78. The number of amides is 1. The van der Waals surface area contributed by atoms with Crippen LogP contribution in [0.1, 0.15) is 80.3 Å². The first-order valence-corrected chi connectivity index (χ1v) is 11.3. The number of carbonyl (C=O) groups excluding carboxylic acids is 1. The molecule has 0 spiro atoms. The minimum atomic E-state index is -0.0101. The Balaban J connectivity index is 1.88. The standard InChI is InChI=1S/C22H27BrClN3O/c1-12(2)26-20-18(25-22(26)23)21(28)27(17-11-16(24)10-7-14(17)4)19(20)15-8-5-13(3)6-9-15/h7,10-13,15,19H,5-6,8-9H2,1-4H3. The van der Waals surface area contributed by atoms with Crippen LogP contribution in [0.5, 0.6) is 0 Å². The Morgan fingerprint density at radius 1 is 1.21 bits per heavy atom. The Kier molecular flexibility index (Phi) is 5.34. The number of rotatable bonds is 3. The highest BCUT2D eigenvalue weighted by atomic mass is 79.9. The first-order chi connectivity index (χ1) is 13.3. The summed E-state index contributed by atoms with van der Waals surface area (Å²) in [6.45, 7) is 8.66. The smallest absolute Gasteiger partial charge is 0.279 e. The number of anilines is 1. The van der Waals surface area contributed by atoms with E-state index in [4.69, 9.17) is 11.6 Å². The molecule has 1 aliphatic heterocycles. The van der Waals surface area contributed by atoms with Gasteiger partial charge in [-0.3, -0.25) is 9.69 Å². The van der Waals surface area contributed by atoms with Crippen molar-refractivity contribution in [1.82, 2.24) is 9.55 Å². The maximum absolute atomic E-state index is 13.6. The van der Waals surface area contributed by atoms with Gasteiger partial charge in [-0.15, -0.1) is 0 Å². The number of carbonyl (C=O) groups is 1. The molecule has 1 atom stereocenters. The van der Waals surface area contributed by atoms with Gasteiger partial charge < -0.3 is 4.57 Å². The lowest BCUT2D eigenvalue weighted by Crippen LogP contribution is -2.35. The molecule has 1 aromatic heterocycles. The Morgan fingerprint density at radius 2 is 1.89 bits per heavy atom. The van der Waals surface area contributed by atoms with Crippen molar-refractivity contribution in [2.75, 3.05) is 4.90 Å². The van der Waals surface area contributed by atoms with Crippen LogP contribution in [0.15, 0.2) is 22.9 Å². The van der Waals surface area contributed by atoms with Crippen molar-refractivity contribution < 1.29 is 4.79 Å². The molecule has 1 aliphatic carbocycles. The summed E-state index contributed by atoms with van der Waals surface area (Å²) in [5, 5.41) is 0.655. The first-order valence-electron chi connectivity index (χ1n) is 10.2. The van der Waals surface area contributed by atoms with Crippen molar-refractivity contribution >= 4 is 39.1 Å². The predicted molar refractivity (Wildman–Crippen MR) is 117 cm³/mol. The Labute approximate surface area is 180 Å². The molecule has 0 radical (unpaired) electrons. The van der Waals surface area contributed by atoms with E-state index in [1.807, 2.05) is 30.0 Å². The van der Waals surface area contributed by atoms with Crippen molar-refractivity contribution in [3.05, 3.63) is 44.9 Å². The number of fused-ring (bicyclic) bond motifs is 1. The lowest BCUT2D eigenvalue weighted by molar-refractivity contribution is 0.0975. The van der Waals surface area contributed by atoms with Crippen molar-refractivity contribution in [2.24, 2.45) is 11.8 Å². The molecule has 1 fully saturated rings. The molecule has 0 N–H and O–H groups in total. The fourth-order valence-electron chi connectivity index (χ4n) is 4.85. The summed E-state index contributed by atoms with van der Waals surface area (Å²) >= 11 is 9.92. The summed E-state index contributed by atoms with van der Waals surface area (Å²) in [5.41, 5.74) is 3.62. The molecule has 0 bridgehead atoms. The second-order valence-electron chi connectivity index (χ2n) is 8.65. The number of nitrogens with zero attached hydrogens (tertiary/aromatic N) is 3.